The summed E-state index contributed by atoms with van der Waals surface area (Å²) < 4.78 is 27.7. The molecule has 0 aliphatic rings. The lowest BCUT2D eigenvalue weighted by Gasteiger charge is -2.04. The number of nitrogens with zero attached hydrogens (tertiary/aromatic N) is 1. The highest BCUT2D eigenvalue weighted by Gasteiger charge is 2.14. The molecule has 0 amide bonds. The van der Waals surface area contributed by atoms with Gasteiger partial charge in [-0.1, -0.05) is 35.5 Å². The molecule has 0 atom stereocenters. The zero-order chi connectivity index (χ0) is 16.4. The lowest BCUT2D eigenvalue weighted by atomic mass is 10.0. The van der Waals surface area contributed by atoms with E-state index in [4.69, 9.17) is 9.66 Å². The van der Waals surface area contributed by atoms with Gasteiger partial charge in [0.2, 0.25) is 10.0 Å². The lowest BCUT2D eigenvalue weighted by molar-refractivity contribution is 0.282. The highest BCUT2D eigenvalue weighted by Crippen LogP contribution is 2.31. The predicted octanol–water partition coefficient (Wildman–Crippen LogP) is 2.15. The standard InChI is InChI=1S/C16H14N2O4S/c17-23(20,21)14-6-4-12(5-7-14)15-10-22-18-16(15)13-3-1-2-11(8-13)9-19/h1-8,10,19H,9H2,(H2,17,20,21). The third kappa shape index (κ3) is 3.16. The minimum Gasteiger partial charge on any atom is -0.392 e. The van der Waals surface area contributed by atoms with E-state index in [9.17, 15) is 13.5 Å². The molecule has 3 aromatic rings. The molecule has 0 spiro atoms. The van der Waals surface area contributed by atoms with Gasteiger partial charge in [-0.3, -0.25) is 0 Å². The normalized spacial score (nSPS) is 11.6. The van der Waals surface area contributed by atoms with Crippen molar-refractivity contribution in [2.24, 2.45) is 5.14 Å². The van der Waals surface area contributed by atoms with Crippen LogP contribution in [0.2, 0.25) is 0 Å². The van der Waals surface area contributed by atoms with Crippen LogP contribution in [-0.2, 0) is 16.6 Å². The maximum atomic E-state index is 11.3. The minimum atomic E-state index is -3.73. The number of aliphatic hydroxyl groups excluding tert-OH is 1. The van der Waals surface area contributed by atoms with Crippen molar-refractivity contribution in [3.05, 3.63) is 60.4 Å². The van der Waals surface area contributed by atoms with E-state index < -0.39 is 10.0 Å². The van der Waals surface area contributed by atoms with Crippen molar-refractivity contribution in [2.45, 2.75) is 11.5 Å². The average Bonchev–Trinajstić information content (AvgIpc) is 3.04. The Labute approximate surface area is 133 Å². The highest BCUT2D eigenvalue weighted by molar-refractivity contribution is 7.89. The van der Waals surface area contributed by atoms with Crippen LogP contribution in [0.1, 0.15) is 5.56 Å². The van der Waals surface area contributed by atoms with E-state index >= 15 is 0 Å². The fourth-order valence-corrected chi connectivity index (χ4v) is 2.81. The number of benzene rings is 2. The van der Waals surface area contributed by atoms with Crippen molar-refractivity contribution < 1.29 is 18.0 Å². The summed E-state index contributed by atoms with van der Waals surface area (Å²) in [7, 11) is -3.73. The second-order valence-corrected chi connectivity index (χ2v) is 6.57. The molecule has 6 nitrogen and oxygen atoms in total. The Kier molecular flexibility index (Phi) is 3.99. The summed E-state index contributed by atoms with van der Waals surface area (Å²) in [5, 5.41) is 18.3. The number of aromatic nitrogens is 1. The monoisotopic (exact) mass is 330 g/mol. The molecule has 7 heteroatoms. The van der Waals surface area contributed by atoms with Gasteiger partial charge >= 0.3 is 0 Å². The molecule has 1 heterocycles. The second kappa shape index (κ2) is 5.96. The van der Waals surface area contributed by atoms with Crippen LogP contribution in [-0.4, -0.2) is 18.7 Å². The molecule has 0 saturated heterocycles. The smallest absolute Gasteiger partial charge is 0.238 e. The molecule has 3 rings (SSSR count). The zero-order valence-electron chi connectivity index (χ0n) is 12.0. The first kappa shape index (κ1) is 15.4. The molecular weight excluding hydrogens is 316 g/mol. The topological polar surface area (TPSA) is 106 Å². The van der Waals surface area contributed by atoms with Crippen molar-refractivity contribution in [1.82, 2.24) is 5.16 Å². The number of rotatable bonds is 4. The molecule has 1 aromatic heterocycles. The van der Waals surface area contributed by atoms with Gasteiger partial charge in [-0.05, 0) is 29.3 Å². The van der Waals surface area contributed by atoms with Crippen LogP contribution >= 0.6 is 0 Å². The number of sulfonamides is 1. The van der Waals surface area contributed by atoms with Crippen LogP contribution in [0, 0.1) is 0 Å². The van der Waals surface area contributed by atoms with Crippen molar-refractivity contribution in [2.75, 3.05) is 0 Å². The number of primary sulfonamides is 1. The quantitative estimate of drug-likeness (QED) is 0.762. The van der Waals surface area contributed by atoms with Gasteiger partial charge in [0.05, 0.1) is 11.5 Å². The van der Waals surface area contributed by atoms with Crippen LogP contribution in [0.3, 0.4) is 0 Å². The van der Waals surface area contributed by atoms with Gasteiger partial charge in [-0.25, -0.2) is 13.6 Å². The largest absolute Gasteiger partial charge is 0.392 e. The summed E-state index contributed by atoms with van der Waals surface area (Å²) in [5.74, 6) is 0. The molecule has 3 N–H and O–H groups in total. The Morgan fingerprint density at radius 2 is 1.83 bits per heavy atom. The molecule has 0 aliphatic carbocycles. The van der Waals surface area contributed by atoms with E-state index in [1.54, 1.807) is 12.1 Å². The third-order valence-corrected chi connectivity index (χ3v) is 4.38. The summed E-state index contributed by atoms with van der Waals surface area (Å²) >= 11 is 0. The summed E-state index contributed by atoms with van der Waals surface area (Å²) in [5.41, 5.74) is 3.66. The fraction of sp³-hybridized carbons (Fsp3) is 0.0625. The molecule has 118 valence electrons. The second-order valence-electron chi connectivity index (χ2n) is 5.00. The molecular formula is C16H14N2O4S. The first-order valence-electron chi connectivity index (χ1n) is 6.77. The first-order valence-corrected chi connectivity index (χ1v) is 8.31. The van der Waals surface area contributed by atoms with Gasteiger partial charge in [-0.15, -0.1) is 0 Å². The van der Waals surface area contributed by atoms with Gasteiger partial charge in [0, 0.05) is 11.1 Å². The van der Waals surface area contributed by atoms with Gasteiger partial charge in [0.25, 0.3) is 0 Å². The van der Waals surface area contributed by atoms with Crippen LogP contribution in [0.4, 0.5) is 0 Å². The fourth-order valence-electron chi connectivity index (χ4n) is 2.29. The third-order valence-electron chi connectivity index (χ3n) is 3.45. The number of aliphatic hydroxyl groups is 1. The Hall–Kier alpha value is -2.48. The SMILES string of the molecule is NS(=O)(=O)c1ccc(-c2conc2-c2cccc(CO)c2)cc1. The van der Waals surface area contributed by atoms with E-state index in [1.807, 2.05) is 24.3 Å². The number of nitrogens with two attached hydrogens (primary N) is 1. The van der Waals surface area contributed by atoms with Gasteiger partial charge in [-0.2, -0.15) is 0 Å². The molecule has 0 aliphatic heterocycles. The van der Waals surface area contributed by atoms with E-state index in [-0.39, 0.29) is 11.5 Å². The Morgan fingerprint density at radius 1 is 1.09 bits per heavy atom. The summed E-state index contributed by atoms with van der Waals surface area (Å²) in [4.78, 5) is 0.0431. The molecule has 2 aromatic carbocycles. The van der Waals surface area contributed by atoms with Crippen LogP contribution < -0.4 is 5.14 Å². The minimum absolute atomic E-state index is 0.0431. The van der Waals surface area contributed by atoms with Crippen LogP contribution in [0.25, 0.3) is 22.4 Å². The van der Waals surface area contributed by atoms with Crippen molar-refractivity contribution >= 4 is 10.0 Å². The average molecular weight is 330 g/mol. The Balaban J connectivity index is 2.04. The van der Waals surface area contributed by atoms with Gasteiger partial charge < -0.3 is 9.63 Å². The Bertz CT molecular complexity index is 931. The molecule has 0 saturated carbocycles. The van der Waals surface area contributed by atoms with E-state index in [0.29, 0.717) is 5.69 Å². The maximum absolute atomic E-state index is 11.3. The highest BCUT2D eigenvalue weighted by atomic mass is 32.2. The summed E-state index contributed by atoms with van der Waals surface area (Å²) in [6, 6.07) is 13.5. The van der Waals surface area contributed by atoms with E-state index in [2.05, 4.69) is 5.16 Å². The van der Waals surface area contributed by atoms with Crippen molar-refractivity contribution in [3.8, 4) is 22.4 Å². The number of hydrogen-bond acceptors (Lipinski definition) is 5. The zero-order valence-corrected chi connectivity index (χ0v) is 12.8. The van der Waals surface area contributed by atoms with Crippen molar-refractivity contribution in [3.63, 3.8) is 0 Å². The molecule has 0 fully saturated rings. The molecule has 0 radical (unpaired) electrons. The maximum Gasteiger partial charge on any atom is 0.238 e. The lowest BCUT2D eigenvalue weighted by Crippen LogP contribution is -2.11. The van der Waals surface area contributed by atoms with E-state index in [0.717, 1.165) is 22.3 Å². The van der Waals surface area contributed by atoms with Crippen LogP contribution in [0.5, 0.6) is 0 Å². The van der Waals surface area contributed by atoms with Crippen molar-refractivity contribution in [1.29, 1.82) is 0 Å². The van der Waals surface area contributed by atoms with Gasteiger partial charge in [0.15, 0.2) is 0 Å². The van der Waals surface area contributed by atoms with Crippen LogP contribution in [0.15, 0.2) is 64.2 Å². The van der Waals surface area contributed by atoms with E-state index in [1.165, 1.54) is 18.4 Å². The molecule has 0 bridgehead atoms. The number of hydrogen-bond donors (Lipinski definition) is 2. The summed E-state index contributed by atoms with van der Waals surface area (Å²) in [6.07, 6.45) is 1.49. The molecule has 23 heavy (non-hydrogen) atoms. The first-order chi connectivity index (χ1) is 11.0. The Morgan fingerprint density at radius 3 is 2.48 bits per heavy atom. The summed E-state index contributed by atoms with van der Waals surface area (Å²) in [6.45, 7) is -0.0654. The predicted molar refractivity (Wildman–Crippen MR) is 84.7 cm³/mol. The molecule has 0 unspecified atom stereocenters. The van der Waals surface area contributed by atoms with Gasteiger partial charge in [0.1, 0.15) is 12.0 Å².